The van der Waals surface area contributed by atoms with Crippen LogP contribution in [0.4, 0.5) is 0 Å². The Bertz CT molecular complexity index is 999. The third-order valence-corrected chi connectivity index (χ3v) is 7.66. The Hall–Kier alpha value is -2.29. The fourth-order valence-electron chi connectivity index (χ4n) is 3.92. The molecule has 3 rings (SSSR count). The molecule has 0 bridgehead atoms. The topological polar surface area (TPSA) is 69.5 Å². The van der Waals surface area contributed by atoms with Crippen LogP contribution < -0.4 is 19.1 Å². The van der Waals surface area contributed by atoms with Crippen molar-refractivity contribution in [3.8, 4) is 17.2 Å². The maximum atomic E-state index is 13.1. The molecule has 30 heavy (non-hydrogen) atoms. The minimum absolute atomic E-state index is 0.410. The number of sulfonamides is 1. The molecule has 0 unspecified atom stereocenters. The standard InChI is InChI=1S/C22H30N2O5S/c1-16-6-7-17(2)20(14-16)30(25,26)24-12-10-23(11-13-24)15-18-8-9-19(27-3)22(29-5)21(18)28-4/h6-9,14H,10-13,15H2,1-5H3/p+1. The highest BCUT2D eigenvalue weighted by atomic mass is 32.2. The van der Waals surface area contributed by atoms with Crippen molar-refractivity contribution in [1.82, 2.24) is 4.31 Å². The zero-order valence-corrected chi connectivity index (χ0v) is 19.1. The van der Waals surface area contributed by atoms with Crippen LogP contribution >= 0.6 is 0 Å². The molecular weight excluding hydrogens is 404 g/mol. The zero-order valence-electron chi connectivity index (χ0n) is 18.3. The van der Waals surface area contributed by atoms with E-state index in [9.17, 15) is 8.42 Å². The monoisotopic (exact) mass is 435 g/mol. The van der Waals surface area contributed by atoms with E-state index in [0.29, 0.717) is 35.2 Å². The van der Waals surface area contributed by atoms with Gasteiger partial charge in [-0.15, -0.1) is 0 Å². The summed E-state index contributed by atoms with van der Waals surface area (Å²) in [5.74, 6) is 1.86. The number of rotatable bonds is 7. The van der Waals surface area contributed by atoms with Crippen molar-refractivity contribution in [3.63, 3.8) is 0 Å². The predicted octanol–water partition coefficient (Wildman–Crippen LogP) is 1.42. The summed E-state index contributed by atoms with van der Waals surface area (Å²) >= 11 is 0. The van der Waals surface area contributed by atoms with E-state index < -0.39 is 10.0 Å². The number of aryl methyl sites for hydroxylation is 2. The van der Waals surface area contributed by atoms with Crippen molar-refractivity contribution in [3.05, 3.63) is 47.0 Å². The molecule has 2 aromatic rings. The minimum atomic E-state index is -3.49. The van der Waals surface area contributed by atoms with Gasteiger partial charge in [0.15, 0.2) is 11.5 Å². The number of hydrogen-bond acceptors (Lipinski definition) is 5. The van der Waals surface area contributed by atoms with Gasteiger partial charge in [-0.2, -0.15) is 4.31 Å². The van der Waals surface area contributed by atoms with Gasteiger partial charge in [0.05, 0.1) is 58.0 Å². The van der Waals surface area contributed by atoms with Crippen LogP contribution in [-0.4, -0.2) is 60.2 Å². The fraction of sp³-hybridized carbons (Fsp3) is 0.455. The maximum absolute atomic E-state index is 13.1. The van der Waals surface area contributed by atoms with E-state index in [-0.39, 0.29) is 0 Å². The highest BCUT2D eigenvalue weighted by molar-refractivity contribution is 7.89. The van der Waals surface area contributed by atoms with Gasteiger partial charge in [0, 0.05) is 0 Å². The molecule has 0 saturated carbocycles. The summed E-state index contributed by atoms with van der Waals surface area (Å²) in [7, 11) is 1.32. The second-order valence-corrected chi connectivity index (χ2v) is 9.50. The van der Waals surface area contributed by atoms with Gasteiger partial charge in [0.2, 0.25) is 15.8 Å². The maximum Gasteiger partial charge on any atom is 0.243 e. The van der Waals surface area contributed by atoms with Crippen LogP contribution in [0.3, 0.4) is 0 Å². The smallest absolute Gasteiger partial charge is 0.243 e. The molecule has 0 aliphatic carbocycles. The van der Waals surface area contributed by atoms with E-state index in [0.717, 1.165) is 36.3 Å². The van der Waals surface area contributed by atoms with Crippen molar-refractivity contribution in [2.24, 2.45) is 0 Å². The van der Waals surface area contributed by atoms with Gasteiger partial charge in [0.1, 0.15) is 6.54 Å². The molecule has 0 radical (unpaired) electrons. The number of hydrogen-bond donors (Lipinski definition) is 1. The van der Waals surface area contributed by atoms with E-state index in [1.165, 1.54) is 4.90 Å². The van der Waals surface area contributed by atoms with E-state index in [1.54, 1.807) is 31.7 Å². The molecular formula is C22H31N2O5S+. The molecule has 1 heterocycles. The van der Waals surface area contributed by atoms with E-state index in [1.807, 2.05) is 38.1 Å². The highest BCUT2D eigenvalue weighted by Gasteiger charge is 2.32. The van der Waals surface area contributed by atoms with Crippen LogP contribution in [0.5, 0.6) is 17.2 Å². The molecule has 1 saturated heterocycles. The number of methoxy groups -OCH3 is 3. The van der Waals surface area contributed by atoms with Crippen LogP contribution in [0.1, 0.15) is 16.7 Å². The van der Waals surface area contributed by atoms with Crippen LogP contribution in [-0.2, 0) is 16.6 Å². The molecule has 1 fully saturated rings. The summed E-state index contributed by atoms with van der Waals surface area (Å²) in [6.07, 6.45) is 0. The van der Waals surface area contributed by atoms with Crippen LogP contribution in [0, 0.1) is 13.8 Å². The SMILES string of the molecule is COc1ccc(C[NH+]2CCN(S(=O)(=O)c3cc(C)ccc3C)CC2)c(OC)c1OC. The molecule has 1 aliphatic rings. The van der Waals surface area contributed by atoms with Gasteiger partial charge >= 0.3 is 0 Å². The van der Waals surface area contributed by atoms with E-state index in [2.05, 4.69) is 0 Å². The quantitative estimate of drug-likeness (QED) is 0.712. The number of quaternary nitrogens is 1. The summed E-state index contributed by atoms with van der Waals surface area (Å²) in [6.45, 7) is 6.90. The third kappa shape index (κ3) is 4.40. The summed E-state index contributed by atoms with van der Waals surface area (Å²) in [4.78, 5) is 1.71. The van der Waals surface area contributed by atoms with Crippen molar-refractivity contribution in [1.29, 1.82) is 0 Å². The Morgan fingerprint density at radius 1 is 0.933 bits per heavy atom. The first kappa shape index (κ1) is 22.4. The van der Waals surface area contributed by atoms with Gasteiger partial charge in [-0.1, -0.05) is 12.1 Å². The van der Waals surface area contributed by atoms with Crippen molar-refractivity contribution >= 4 is 10.0 Å². The largest absolute Gasteiger partial charge is 0.493 e. The molecule has 0 amide bonds. The normalized spacial score (nSPS) is 15.8. The van der Waals surface area contributed by atoms with Gasteiger partial charge < -0.3 is 19.1 Å². The van der Waals surface area contributed by atoms with Crippen LogP contribution in [0.15, 0.2) is 35.2 Å². The second-order valence-electron chi connectivity index (χ2n) is 7.59. The Balaban J connectivity index is 1.73. The summed E-state index contributed by atoms with van der Waals surface area (Å²) < 4.78 is 44.3. The van der Waals surface area contributed by atoms with Crippen molar-refractivity contribution in [2.45, 2.75) is 25.3 Å². The lowest BCUT2D eigenvalue weighted by Crippen LogP contribution is -3.13. The lowest BCUT2D eigenvalue weighted by molar-refractivity contribution is -0.917. The average Bonchev–Trinajstić information content (AvgIpc) is 2.75. The Kier molecular flexibility index (Phi) is 6.90. The summed E-state index contributed by atoms with van der Waals surface area (Å²) in [5, 5.41) is 0. The molecule has 1 N–H and O–H groups in total. The Morgan fingerprint density at radius 2 is 1.60 bits per heavy atom. The molecule has 164 valence electrons. The number of nitrogens with one attached hydrogen (secondary N) is 1. The second kappa shape index (κ2) is 9.24. The lowest BCUT2D eigenvalue weighted by Gasteiger charge is -2.32. The summed E-state index contributed by atoms with van der Waals surface area (Å²) in [5.41, 5.74) is 2.74. The number of ether oxygens (including phenoxy) is 3. The molecule has 0 atom stereocenters. The van der Waals surface area contributed by atoms with E-state index in [4.69, 9.17) is 14.2 Å². The highest BCUT2D eigenvalue weighted by Crippen LogP contribution is 2.39. The van der Waals surface area contributed by atoms with Gasteiger partial charge in [-0.25, -0.2) is 8.42 Å². The first-order valence-corrected chi connectivity index (χ1v) is 11.4. The molecule has 2 aromatic carbocycles. The van der Waals surface area contributed by atoms with Crippen LogP contribution in [0.25, 0.3) is 0 Å². The summed E-state index contributed by atoms with van der Waals surface area (Å²) in [6, 6.07) is 9.42. The third-order valence-electron chi connectivity index (χ3n) is 5.62. The fourth-order valence-corrected chi connectivity index (χ4v) is 5.67. The predicted molar refractivity (Wildman–Crippen MR) is 115 cm³/mol. The van der Waals surface area contributed by atoms with E-state index >= 15 is 0 Å². The minimum Gasteiger partial charge on any atom is -0.493 e. The van der Waals surface area contributed by atoms with Gasteiger partial charge in [-0.3, -0.25) is 0 Å². The first-order valence-electron chi connectivity index (χ1n) is 10.0. The molecule has 0 spiro atoms. The lowest BCUT2D eigenvalue weighted by atomic mass is 10.1. The number of nitrogens with zero attached hydrogens (tertiary/aromatic N) is 1. The van der Waals surface area contributed by atoms with Crippen molar-refractivity contribution in [2.75, 3.05) is 47.5 Å². The molecule has 7 nitrogen and oxygen atoms in total. The number of piperazine rings is 1. The zero-order chi connectivity index (χ0) is 21.9. The first-order chi connectivity index (χ1) is 14.3. The van der Waals surface area contributed by atoms with Crippen molar-refractivity contribution < 1.29 is 27.5 Å². The van der Waals surface area contributed by atoms with Crippen LogP contribution in [0.2, 0.25) is 0 Å². The van der Waals surface area contributed by atoms with Gasteiger partial charge in [-0.05, 0) is 43.2 Å². The Morgan fingerprint density at radius 3 is 2.20 bits per heavy atom. The molecule has 8 heteroatoms. The number of benzene rings is 2. The average molecular weight is 436 g/mol. The molecule has 0 aromatic heterocycles. The molecule has 1 aliphatic heterocycles. The van der Waals surface area contributed by atoms with Gasteiger partial charge in [0.25, 0.3) is 0 Å². The Labute approximate surface area is 179 Å².